The van der Waals surface area contributed by atoms with E-state index in [9.17, 15) is 0 Å². The predicted molar refractivity (Wildman–Crippen MR) is 82.6 cm³/mol. The molecule has 1 heterocycles. The van der Waals surface area contributed by atoms with Gasteiger partial charge in [-0.05, 0) is 71.6 Å². The van der Waals surface area contributed by atoms with E-state index < -0.39 is 0 Å². The minimum atomic E-state index is 0.464. The maximum absolute atomic E-state index is 3.61. The van der Waals surface area contributed by atoms with Crippen LogP contribution in [0.2, 0.25) is 0 Å². The van der Waals surface area contributed by atoms with Crippen molar-refractivity contribution in [1.82, 2.24) is 15.1 Å². The molecule has 1 aliphatic heterocycles. The molecule has 19 heavy (non-hydrogen) atoms. The fourth-order valence-electron chi connectivity index (χ4n) is 4.04. The van der Waals surface area contributed by atoms with E-state index in [-0.39, 0.29) is 0 Å². The Balaban J connectivity index is 1.90. The molecule has 0 aromatic rings. The lowest BCUT2D eigenvalue weighted by atomic mass is 9.74. The highest BCUT2D eigenvalue weighted by molar-refractivity contribution is 4.99. The van der Waals surface area contributed by atoms with Crippen LogP contribution in [0.5, 0.6) is 0 Å². The van der Waals surface area contributed by atoms with Gasteiger partial charge in [0.15, 0.2) is 0 Å². The topological polar surface area (TPSA) is 18.5 Å². The number of nitrogens with zero attached hydrogens (tertiary/aromatic N) is 2. The summed E-state index contributed by atoms with van der Waals surface area (Å²) in [6.45, 7) is 7.29. The Labute approximate surface area is 119 Å². The average Bonchev–Trinajstić information content (AvgIpc) is 2.34. The standard InChI is InChI=1S/C16H33N3/c1-5-15(8-7-11-17-12-15)13-19(4)14-16(18(2)3)9-6-10-16/h17H,5-14H2,1-4H3. The highest BCUT2D eigenvalue weighted by atomic mass is 15.2. The number of hydrogen-bond acceptors (Lipinski definition) is 3. The van der Waals surface area contributed by atoms with Crippen LogP contribution in [0.4, 0.5) is 0 Å². The van der Waals surface area contributed by atoms with E-state index in [1.807, 2.05) is 0 Å². The largest absolute Gasteiger partial charge is 0.316 e. The third-order valence-electron chi connectivity index (χ3n) is 5.71. The molecule has 0 spiro atoms. The summed E-state index contributed by atoms with van der Waals surface area (Å²) in [5, 5.41) is 3.61. The van der Waals surface area contributed by atoms with E-state index in [0.717, 1.165) is 0 Å². The van der Waals surface area contributed by atoms with Crippen LogP contribution in [0.15, 0.2) is 0 Å². The summed E-state index contributed by atoms with van der Waals surface area (Å²) >= 11 is 0. The van der Waals surface area contributed by atoms with Gasteiger partial charge >= 0.3 is 0 Å². The third-order valence-corrected chi connectivity index (χ3v) is 5.71. The molecule has 112 valence electrons. The Morgan fingerprint density at radius 1 is 1.00 bits per heavy atom. The van der Waals surface area contributed by atoms with Crippen molar-refractivity contribution >= 4 is 0 Å². The molecule has 1 aliphatic carbocycles. The second-order valence-corrected chi connectivity index (χ2v) is 7.28. The van der Waals surface area contributed by atoms with Crippen LogP contribution in [-0.4, -0.2) is 62.7 Å². The number of hydrogen-bond donors (Lipinski definition) is 1. The zero-order chi connectivity index (χ0) is 13.9. The molecule has 1 N–H and O–H groups in total. The fraction of sp³-hybridized carbons (Fsp3) is 1.00. The summed E-state index contributed by atoms with van der Waals surface area (Å²) in [6.07, 6.45) is 8.21. The molecule has 1 saturated carbocycles. The third kappa shape index (κ3) is 3.32. The number of nitrogens with one attached hydrogen (secondary N) is 1. The molecule has 0 bridgehead atoms. The number of likely N-dealkylation sites (N-methyl/N-ethyl adjacent to an activating group) is 2. The van der Waals surface area contributed by atoms with Crippen molar-refractivity contribution in [3.63, 3.8) is 0 Å². The summed E-state index contributed by atoms with van der Waals surface area (Å²) in [5.74, 6) is 0. The molecular formula is C16H33N3. The molecule has 0 aromatic carbocycles. The van der Waals surface area contributed by atoms with Gasteiger partial charge in [0.05, 0.1) is 0 Å². The van der Waals surface area contributed by atoms with Crippen molar-refractivity contribution in [3.8, 4) is 0 Å². The van der Waals surface area contributed by atoms with E-state index in [2.05, 4.69) is 43.2 Å². The van der Waals surface area contributed by atoms with Crippen LogP contribution in [0, 0.1) is 5.41 Å². The van der Waals surface area contributed by atoms with Gasteiger partial charge < -0.3 is 15.1 Å². The molecule has 1 saturated heterocycles. The van der Waals surface area contributed by atoms with Crippen molar-refractivity contribution < 1.29 is 0 Å². The van der Waals surface area contributed by atoms with Gasteiger partial charge in [0.25, 0.3) is 0 Å². The molecular weight excluding hydrogens is 234 g/mol. The highest BCUT2D eigenvalue weighted by Gasteiger charge is 2.41. The van der Waals surface area contributed by atoms with Crippen LogP contribution in [-0.2, 0) is 0 Å². The smallest absolute Gasteiger partial charge is 0.0330 e. The van der Waals surface area contributed by atoms with Crippen LogP contribution in [0.1, 0.15) is 45.4 Å². The van der Waals surface area contributed by atoms with Crippen molar-refractivity contribution in [3.05, 3.63) is 0 Å². The second-order valence-electron chi connectivity index (χ2n) is 7.28. The molecule has 1 unspecified atom stereocenters. The lowest BCUT2D eigenvalue weighted by molar-refractivity contribution is 0.0115. The van der Waals surface area contributed by atoms with Gasteiger partial charge in [-0.1, -0.05) is 6.92 Å². The lowest BCUT2D eigenvalue weighted by Crippen LogP contribution is -2.58. The zero-order valence-electron chi connectivity index (χ0n) is 13.5. The molecule has 2 aliphatic rings. The molecule has 0 aromatic heterocycles. The summed E-state index contributed by atoms with van der Waals surface area (Å²) in [4.78, 5) is 5.07. The van der Waals surface area contributed by atoms with Gasteiger partial charge in [-0.25, -0.2) is 0 Å². The Bertz CT molecular complexity index is 278. The van der Waals surface area contributed by atoms with Crippen molar-refractivity contribution in [2.75, 3.05) is 47.3 Å². The van der Waals surface area contributed by atoms with Crippen LogP contribution in [0.3, 0.4) is 0 Å². The second kappa shape index (κ2) is 6.11. The van der Waals surface area contributed by atoms with Crippen molar-refractivity contribution in [1.29, 1.82) is 0 Å². The van der Waals surface area contributed by atoms with Crippen LogP contribution in [0.25, 0.3) is 0 Å². The molecule has 1 atom stereocenters. The minimum Gasteiger partial charge on any atom is -0.316 e. The summed E-state index contributed by atoms with van der Waals surface area (Å²) < 4.78 is 0. The fourth-order valence-corrected chi connectivity index (χ4v) is 4.04. The molecule has 3 nitrogen and oxygen atoms in total. The van der Waals surface area contributed by atoms with E-state index in [1.165, 1.54) is 64.7 Å². The first-order valence-electron chi connectivity index (χ1n) is 8.09. The molecule has 2 rings (SSSR count). The van der Waals surface area contributed by atoms with Gasteiger partial charge in [0.2, 0.25) is 0 Å². The quantitative estimate of drug-likeness (QED) is 0.796. The van der Waals surface area contributed by atoms with Gasteiger partial charge in [-0.15, -0.1) is 0 Å². The highest BCUT2D eigenvalue weighted by Crippen LogP contribution is 2.38. The maximum Gasteiger partial charge on any atom is 0.0330 e. The van der Waals surface area contributed by atoms with E-state index in [1.54, 1.807) is 0 Å². The summed E-state index contributed by atoms with van der Waals surface area (Å²) in [7, 11) is 6.84. The number of rotatable bonds is 6. The normalized spacial score (nSPS) is 30.6. The number of piperidine rings is 1. The maximum atomic E-state index is 3.61. The Kier molecular flexibility index (Phi) is 4.91. The zero-order valence-corrected chi connectivity index (χ0v) is 13.5. The Hall–Kier alpha value is -0.120. The first kappa shape index (κ1) is 15.3. The summed E-state index contributed by atoms with van der Waals surface area (Å²) in [5.41, 5.74) is 0.982. The summed E-state index contributed by atoms with van der Waals surface area (Å²) in [6, 6.07) is 0. The first-order chi connectivity index (χ1) is 9.02. The predicted octanol–water partition coefficient (Wildman–Crippen LogP) is 2.18. The van der Waals surface area contributed by atoms with Crippen LogP contribution >= 0.6 is 0 Å². The SMILES string of the molecule is CCC1(CN(C)CC2(N(C)C)CCC2)CCCNC1. The Morgan fingerprint density at radius 3 is 2.16 bits per heavy atom. The van der Waals surface area contributed by atoms with Crippen molar-refractivity contribution in [2.45, 2.75) is 51.0 Å². The van der Waals surface area contributed by atoms with Gasteiger partial charge in [-0.3, -0.25) is 0 Å². The van der Waals surface area contributed by atoms with Gasteiger partial charge in [-0.2, -0.15) is 0 Å². The van der Waals surface area contributed by atoms with Crippen LogP contribution < -0.4 is 5.32 Å². The monoisotopic (exact) mass is 267 g/mol. The molecule has 2 fully saturated rings. The van der Waals surface area contributed by atoms with E-state index >= 15 is 0 Å². The average molecular weight is 267 g/mol. The van der Waals surface area contributed by atoms with Crippen molar-refractivity contribution in [2.24, 2.45) is 5.41 Å². The molecule has 0 radical (unpaired) electrons. The van der Waals surface area contributed by atoms with Gasteiger partial charge in [0, 0.05) is 25.2 Å². The van der Waals surface area contributed by atoms with Gasteiger partial charge in [0.1, 0.15) is 0 Å². The van der Waals surface area contributed by atoms with E-state index in [0.29, 0.717) is 11.0 Å². The van der Waals surface area contributed by atoms with E-state index in [4.69, 9.17) is 0 Å². The first-order valence-corrected chi connectivity index (χ1v) is 8.09. The lowest BCUT2D eigenvalue weighted by Gasteiger charge is -2.50. The molecule has 3 heteroatoms. The minimum absolute atomic E-state index is 0.464. The Morgan fingerprint density at radius 2 is 1.74 bits per heavy atom. The molecule has 0 amide bonds.